The third kappa shape index (κ3) is 10.3. The van der Waals surface area contributed by atoms with E-state index in [2.05, 4.69) is 46.4 Å². The molecule has 0 atom stereocenters. The normalized spacial score (nSPS) is 15.3. The van der Waals surface area contributed by atoms with E-state index in [1.54, 1.807) is 0 Å². The van der Waals surface area contributed by atoms with Crippen LogP contribution in [-0.2, 0) is 6.42 Å². The summed E-state index contributed by atoms with van der Waals surface area (Å²) in [6.07, 6.45) is 0.899. The summed E-state index contributed by atoms with van der Waals surface area (Å²) in [6, 6.07) is 6.19. The number of hydrogen-bond acceptors (Lipinski definition) is 5. The molecule has 1 aliphatic rings. The average Bonchev–Trinajstić information content (AvgIpc) is 2.76. The van der Waals surface area contributed by atoms with E-state index in [0.29, 0.717) is 13.2 Å². The molecular formula is C23H42IN5O2. The lowest BCUT2D eigenvalue weighted by Gasteiger charge is -2.33. The first-order valence-corrected chi connectivity index (χ1v) is 11.5. The highest BCUT2D eigenvalue weighted by Gasteiger charge is 2.14. The molecule has 0 aromatic heterocycles. The fourth-order valence-corrected chi connectivity index (χ4v) is 3.55. The third-order valence-corrected chi connectivity index (χ3v) is 5.26. The van der Waals surface area contributed by atoms with Crippen molar-refractivity contribution in [3.63, 3.8) is 0 Å². The molecule has 0 spiro atoms. The average molecular weight is 548 g/mol. The Morgan fingerprint density at radius 1 is 0.935 bits per heavy atom. The maximum Gasteiger partial charge on any atom is 0.191 e. The second-order valence-electron chi connectivity index (χ2n) is 7.36. The van der Waals surface area contributed by atoms with Crippen molar-refractivity contribution in [3.05, 3.63) is 23.8 Å². The molecule has 1 aromatic rings. The Bertz CT molecular complexity index is 636. The van der Waals surface area contributed by atoms with Gasteiger partial charge in [-0.15, -0.1) is 24.0 Å². The molecule has 0 radical (unpaired) electrons. The van der Waals surface area contributed by atoms with Gasteiger partial charge in [-0.25, -0.2) is 0 Å². The number of piperazine rings is 1. The van der Waals surface area contributed by atoms with Gasteiger partial charge in [-0.2, -0.15) is 0 Å². The maximum atomic E-state index is 5.73. The third-order valence-electron chi connectivity index (χ3n) is 5.26. The Hall–Kier alpha value is -1.26. The predicted molar refractivity (Wildman–Crippen MR) is 140 cm³/mol. The van der Waals surface area contributed by atoms with Crippen LogP contribution in [0.25, 0.3) is 0 Å². The highest BCUT2D eigenvalue weighted by Crippen LogP contribution is 2.28. The van der Waals surface area contributed by atoms with Gasteiger partial charge in [0.1, 0.15) is 0 Å². The molecule has 0 bridgehead atoms. The van der Waals surface area contributed by atoms with Crippen LogP contribution in [0.3, 0.4) is 0 Å². The van der Waals surface area contributed by atoms with Gasteiger partial charge in [0.25, 0.3) is 0 Å². The maximum absolute atomic E-state index is 5.73. The van der Waals surface area contributed by atoms with Crippen molar-refractivity contribution in [2.45, 2.75) is 34.1 Å². The number of rotatable bonds is 12. The molecule has 8 heteroatoms. The van der Waals surface area contributed by atoms with Crippen LogP contribution in [0.1, 0.15) is 33.3 Å². The van der Waals surface area contributed by atoms with Crippen LogP contribution in [0.2, 0.25) is 0 Å². The minimum atomic E-state index is 0. The quantitative estimate of drug-likeness (QED) is 0.239. The lowest BCUT2D eigenvalue weighted by Crippen LogP contribution is -2.47. The van der Waals surface area contributed by atoms with Crippen molar-refractivity contribution in [1.82, 2.24) is 20.4 Å². The number of nitrogens with one attached hydrogen (secondary N) is 2. The zero-order chi connectivity index (χ0) is 21.6. The summed E-state index contributed by atoms with van der Waals surface area (Å²) < 4.78 is 11.4. The van der Waals surface area contributed by atoms with Crippen molar-refractivity contribution >= 4 is 29.9 Å². The van der Waals surface area contributed by atoms with E-state index in [4.69, 9.17) is 14.5 Å². The van der Waals surface area contributed by atoms with Crippen molar-refractivity contribution in [3.8, 4) is 11.5 Å². The molecule has 0 amide bonds. The summed E-state index contributed by atoms with van der Waals surface area (Å²) in [5.41, 5.74) is 1.22. The van der Waals surface area contributed by atoms with Gasteiger partial charge in [0.15, 0.2) is 17.5 Å². The Morgan fingerprint density at radius 2 is 1.61 bits per heavy atom. The van der Waals surface area contributed by atoms with E-state index in [0.717, 1.165) is 69.7 Å². The SMILES string of the molecule is CCNC(=NCCN1CCN(CC)CC1)NCCc1ccc(OCC)c(OCC)c1.I. The number of nitrogens with zero attached hydrogens (tertiary/aromatic N) is 3. The Balaban J connectivity index is 0.00000480. The molecule has 7 nitrogen and oxygen atoms in total. The van der Waals surface area contributed by atoms with Gasteiger partial charge in [0.2, 0.25) is 0 Å². The predicted octanol–water partition coefficient (Wildman–Crippen LogP) is 2.84. The number of likely N-dealkylation sites (N-methyl/N-ethyl adjacent to an activating group) is 1. The number of guanidine groups is 1. The first-order valence-electron chi connectivity index (χ1n) is 11.5. The van der Waals surface area contributed by atoms with Crippen molar-refractivity contribution < 1.29 is 9.47 Å². The molecule has 0 unspecified atom stereocenters. The van der Waals surface area contributed by atoms with E-state index in [-0.39, 0.29) is 24.0 Å². The summed E-state index contributed by atoms with van der Waals surface area (Å²) in [5, 5.41) is 6.80. The van der Waals surface area contributed by atoms with Crippen molar-refractivity contribution in [1.29, 1.82) is 0 Å². The largest absolute Gasteiger partial charge is 0.490 e. The molecule has 1 aliphatic heterocycles. The van der Waals surface area contributed by atoms with E-state index < -0.39 is 0 Å². The standard InChI is InChI=1S/C23H41N5O2.HI/c1-5-24-23(26-13-14-28-17-15-27(6-2)16-18-28)25-12-11-20-9-10-21(29-7-3)22(19-20)30-8-4;/h9-10,19H,5-8,11-18H2,1-4H3,(H2,24,25,26);1H. The second-order valence-corrected chi connectivity index (χ2v) is 7.36. The van der Waals surface area contributed by atoms with Gasteiger partial charge in [-0.3, -0.25) is 9.89 Å². The molecular weight excluding hydrogens is 505 g/mol. The Kier molecular flexibility index (Phi) is 14.7. The summed E-state index contributed by atoms with van der Waals surface area (Å²) >= 11 is 0. The van der Waals surface area contributed by atoms with Crippen LogP contribution < -0.4 is 20.1 Å². The fourth-order valence-electron chi connectivity index (χ4n) is 3.55. The summed E-state index contributed by atoms with van der Waals surface area (Å²) in [5.74, 6) is 2.52. The molecule has 178 valence electrons. The van der Waals surface area contributed by atoms with Crippen LogP contribution in [0.4, 0.5) is 0 Å². The molecule has 2 rings (SSSR count). The number of hydrogen-bond donors (Lipinski definition) is 2. The van der Waals surface area contributed by atoms with Gasteiger partial charge < -0.3 is 25.0 Å². The van der Waals surface area contributed by atoms with Gasteiger partial charge in [0, 0.05) is 45.8 Å². The van der Waals surface area contributed by atoms with Crippen LogP contribution in [-0.4, -0.2) is 87.9 Å². The molecule has 31 heavy (non-hydrogen) atoms. The minimum absolute atomic E-state index is 0. The lowest BCUT2D eigenvalue weighted by molar-refractivity contribution is 0.140. The van der Waals surface area contributed by atoms with Gasteiger partial charge >= 0.3 is 0 Å². The van der Waals surface area contributed by atoms with Gasteiger partial charge in [-0.1, -0.05) is 13.0 Å². The number of benzene rings is 1. The minimum Gasteiger partial charge on any atom is -0.490 e. The molecule has 0 aliphatic carbocycles. The van der Waals surface area contributed by atoms with E-state index in [1.165, 1.54) is 18.7 Å². The van der Waals surface area contributed by atoms with E-state index >= 15 is 0 Å². The van der Waals surface area contributed by atoms with Crippen LogP contribution in [0.5, 0.6) is 11.5 Å². The fraction of sp³-hybridized carbons (Fsp3) is 0.696. The molecule has 1 saturated heterocycles. The van der Waals surface area contributed by atoms with E-state index in [9.17, 15) is 0 Å². The molecule has 0 saturated carbocycles. The van der Waals surface area contributed by atoms with Crippen LogP contribution in [0, 0.1) is 0 Å². The molecule has 1 aromatic carbocycles. The van der Waals surface area contributed by atoms with Crippen molar-refractivity contribution in [2.24, 2.45) is 4.99 Å². The zero-order valence-electron chi connectivity index (χ0n) is 19.8. The van der Waals surface area contributed by atoms with Gasteiger partial charge in [-0.05, 0) is 51.4 Å². The number of aliphatic imine (C=N–C) groups is 1. The second kappa shape index (κ2) is 16.4. The summed E-state index contributed by atoms with van der Waals surface area (Å²) in [4.78, 5) is 9.77. The molecule has 1 fully saturated rings. The highest BCUT2D eigenvalue weighted by molar-refractivity contribution is 14.0. The van der Waals surface area contributed by atoms with Crippen LogP contribution >= 0.6 is 24.0 Å². The first kappa shape index (κ1) is 27.8. The lowest BCUT2D eigenvalue weighted by atomic mass is 10.1. The highest BCUT2D eigenvalue weighted by atomic mass is 127. The summed E-state index contributed by atoms with van der Waals surface area (Å²) in [7, 11) is 0. The Morgan fingerprint density at radius 3 is 2.26 bits per heavy atom. The topological polar surface area (TPSA) is 61.4 Å². The number of ether oxygens (including phenoxy) is 2. The van der Waals surface area contributed by atoms with Crippen LogP contribution in [0.15, 0.2) is 23.2 Å². The Labute approximate surface area is 206 Å². The smallest absolute Gasteiger partial charge is 0.191 e. The zero-order valence-corrected chi connectivity index (χ0v) is 22.1. The molecule has 1 heterocycles. The monoisotopic (exact) mass is 547 g/mol. The van der Waals surface area contributed by atoms with E-state index in [1.807, 2.05) is 19.9 Å². The van der Waals surface area contributed by atoms with Gasteiger partial charge in [0.05, 0.1) is 19.8 Å². The molecule has 2 N–H and O–H groups in total. The first-order chi connectivity index (χ1) is 14.7. The van der Waals surface area contributed by atoms with Crippen molar-refractivity contribution in [2.75, 3.05) is 72.1 Å². The summed E-state index contributed by atoms with van der Waals surface area (Å²) in [6.45, 7) is 18.9. The number of halogens is 1.